The van der Waals surface area contributed by atoms with Crippen LogP contribution in [0, 0.1) is 5.92 Å². The van der Waals surface area contributed by atoms with Gasteiger partial charge in [0.2, 0.25) is 0 Å². The SMILES string of the molecule is c1nc(NC2CCOC(C3CC3)C2)cc(N2CCCCC2)n1. The van der Waals surface area contributed by atoms with E-state index in [2.05, 4.69) is 26.3 Å². The van der Waals surface area contributed by atoms with Gasteiger partial charge < -0.3 is 15.0 Å². The van der Waals surface area contributed by atoms with E-state index < -0.39 is 0 Å². The lowest BCUT2D eigenvalue weighted by molar-refractivity contribution is -0.00223. The Kier molecular flexibility index (Phi) is 4.15. The zero-order valence-corrected chi connectivity index (χ0v) is 13.2. The second-order valence-corrected chi connectivity index (χ2v) is 6.92. The molecule has 0 aromatic carbocycles. The van der Waals surface area contributed by atoms with E-state index in [4.69, 9.17) is 4.74 Å². The first kappa shape index (κ1) is 14.2. The van der Waals surface area contributed by atoms with Crippen LogP contribution in [0.4, 0.5) is 11.6 Å². The number of piperidine rings is 1. The third-order valence-electron chi connectivity index (χ3n) is 5.15. The molecule has 2 aliphatic heterocycles. The molecule has 2 atom stereocenters. The van der Waals surface area contributed by atoms with E-state index in [9.17, 15) is 0 Å². The van der Waals surface area contributed by atoms with E-state index in [0.29, 0.717) is 12.1 Å². The van der Waals surface area contributed by atoms with E-state index in [1.807, 2.05) is 0 Å². The van der Waals surface area contributed by atoms with Crippen molar-refractivity contribution in [1.82, 2.24) is 9.97 Å². The summed E-state index contributed by atoms with van der Waals surface area (Å²) in [5, 5.41) is 3.62. The maximum absolute atomic E-state index is 5.91. The highest BCUT2D eigenvalue weighted by molar-refractivity contribution is 5.49. The fourth-order valence-corrected chi connectivity index (χ4v) is 3.69. The summed E-state index contributed by atoms with van der Waals surface area (Å²) in [5.41, 5.74) is 0. The Balaban J connectivity index is 1.39. The van der Waals surface area contributed by atoms with E-state index in [1.165, 1.54) is 32.1 Å². The molecule has 3 heterocycles. The predicted octanol–water partition coefficient (Wildman–Crippen LogP) is 2.84. The monoisotopic (exact) mass is 302 g/mol. The highest BCUT2D eigenvalue weighted by Gasteiger charge is 2.35. The summed E-state index contributed by atoms with van der Waals surface area (Å²) in [6.07, 6.45) is 11.0. The van der Waals surface area contributed by atoms with E-state index >= 15 is 0 Å². The molecule has 5 heteroatoms. The molecule has 0 amide bonds. The molecule has 1 N–H and O–H groups in total. The fraction of sp³-hybridized carbons (Fsp3) is 0.765. The molecule has 0 radical (unpaired) electrons. The number of anilines is 2. The fourth-order valence-electron chi connectivity index (χ4n) is 3.69. The van der Waals surface area contributed by atoms with Gasteiger partial charge in [0, 0.05) is 31.8 Å². The molecular weight excluding hydrogens is 276 g/mol. The van der Waals surface area contributed by atoms with Crippen molar-refractivity contribution in [3.63, 3.8) is 0 Å². The third kappa shape index (κ3) is 3.35. The Morgan fingerprint density at radius 1 is 1.09 bits per heavy atom. The standard InChI is InChI=1S/C17H26N4O/c1-2-7-21(8-3-1)17-11-16(18-12-19-17)20-14-6-9-22-15(10-14)13-4-5-13/h11-15H,1-10H2,(H,18,19,20). The van der Waals surface area contributed by atoms with Crippen molar-refractivity contribution < 1.29 is 4.74 Å². The summed E-state index contributed by atoms with van der Waals surface area (Å²) < 4.78 is 5.91. The summed E-state index contributed by atoms with van der Waals surface area (Å²) in [6, 6.07) is 2.61. The second-order valence-electron chi connectivity index (χ2n) is 6.92. The minimum atomic E-state index is 0.467. The number of nitrogens with one attached hydrogen (secondary N) is 1. The lowest BCUT2D eigenvalue weighted by atomic mass is 10.00. The van der Waals surface area contributed by atoms with Crippen molar-refractivity contribution in [2.75, 3.05) is 29.9 Å². The van der Waals surface area contributed by atoms with Crippen LogP contribution in [0.1, 0.15) is 44.9 Å². The van der Waals surface area contributed by atoms with Crippen molar-refractivity contribution >= 4 is 11.6 Å². The minimum Gasteiger partial charge on any atom is -0.378 e. The van der Waals surface area contributed by atoms with Gasteiger partial charge in [-0.25, -0.2) is 9.97 Å². The first-order valence-electron chi connectivity index (χ1n) is 8.83. The average Bonchev–Trinajstić information content (AvgIpc) is 3.41. The van der Waals surface area contributed by atoms with Crippen molar-refractivity contribution in [1.29, 1.82) is 0 Å². The lowest BCUT2D eigenvalue weighted by Crippen LogP contribution is -2.35. The molecule has 0 spiro atoms. The van der Waals surface area contributed by atoms with Crippen LogP contribution in [0.5, 0.6) is 0 Å². The topological polar surface area (TPSA) is 50.3 Å². The van der Waals surface area contributed by atoms with Crippen LogP contribution >= 0.6 is 0 Å². The molecule has 3 aliphatic rings. The molecule has 1 aromatic heterocycles. The van der Waals surface area contributed by atoms with Crippen LogP contribution in [-0.2, 0) is 4.74 Å². The molecule has 5 nitrogen and oxygen atoms in total. The summed E-state index contributed by atoms with van der Waals surface area (Å²) in [7, 11) is 0. The molecule has 120 valence electrons. The Labute approximate surface area is 132 Å². The first-order valence-corrected chi connectivity index (χ1v) is 8.83. The molecule has 3 fully saturated rings. The van der Waals surface area contributed by atoms with E-state index in [0.717, 1.165) is 50.1 Å². The van der Waals surface area contributed by atoms with E-state index in [1.54, 1.807) is 6.33 Å². The van der Waals surface area contributed by atoms with Crippen molar-refractivity contribution in [2.45, 2.75) is 57.1 Å². The summed E-state index contributed by atoms with van der Waals surface area (Å²) in [4.78, 5) is 11.3. The van der Waals surface area contributed by atoms with Gasteiger partial charge in [-0.15, -0.1) is 0 Å². The molecule has 0 bridgehead atoms. The number of aromatic nitrogens is 2. The second kappa shape index (κ2) is 6.41. The average molecular weight is 302 g/mol. The maximum atomic E-state index is 5.91. The number of ether oxygens (including phenoxy) is 1. The largest absolute Gasteiger partial charge is 0.378 e. The quantitative estimate of drug-likeness (QED) is 0.927. The molecule has 1 aliphatic carbocycles. The highest BCUT2D eigenvalue weighted by atomic mass is 16.5. The zero-order chi connectivity index (χ0) is 14.8. The third-order valence-corrected chi connectivity index (χ3v) is 5.15. The lowest BCUT2D eigenvalue weighted by Gasteiger charge is -2.31. The summed E-state index contributed by atoms with van der Waals surface area (Å²) in [5.74, 6) is 2.86. The van der Waals surface area contributed by atoms with Crippen molar-refractivity contribution in [2.24, 2.45) is 5.92 Å². The Morgan fingerprint density at radius 3 is 2.77 bits per heavy atom. The van der Waals surface area contributed by atoms with Crippen molar-refractivity contribution in [3.05, 3.63) is 12.4 Å². The molecule has 1 aromatic rings. The zero-order valence-electron chi connectivity index (χ0n) is 13.2. The summed E-state index contributed by atoms with van der Waals surface area (Å²) in [6.45, 7) is 3.12. The minimum absolute atomic E-state index is 0.467. The van der Waals surface area contributed by atoms with Crippen LogP contribution in [0.25, 0.3) is 0 Å². The summed E-state index contributed by atoms with van der Waals surface area (Å²) >= 11 is 0. The Morgan fingerprint density at radius 2 is 1.95 bits per heavy atom. The molecule has 2 saturated heterocycles. The van der Waals surface area contributed by atoms with E-state index in [-0.39, 0.29) is 0 Å². The smallest absolute Gasteiger partial charge is 0.134 e. The molecular formula is C17H26N4O. The van der Waals surface area contributed by atoms with Crippen LogP contribution < -0.4 is 10.2 Å². The van der Waals surface area contributed by atoms with Gasteiger partial charge in [-0.3, -0.25) is 0 Å². The van der Waals surface area contributed by atoms with Gasteiger partial charge in [0.15, 0.2) is 0 Å². The van der Waals surface area contributed by atoms with Crippen LogP contribution in [0.3, 0.4) is 0 Å². The number of rotatable bonds is 4. The number of hydrogen-bond acceptors (Lipinski definition) is 5. The Bertz CT molecular complexity index is 499. The van der Waals surface area contributed by atoms with Crippen molar-refractivity contribution in [3.8, 4) is 0 Å². The van der Waals surface area contributed by atoms with Gasteiger partial charge in [0.25, 0.3) is 0 Å². The molecule has 22 heavy (non-hydrogen) atoms. The Hall–Kier alpha value is -1.36. The maximum Gasteiger partial charge on any atom is 0.134 e. The first-order chi connectivity index (χ1) is 10.9. The highest BCUT2D eigenvalue weighted by Crippen LogP contribution is 2.38. The van der Waals surface area contributed by atoms with Crippen LogP contribution in [-0.4, -0.2) is 41.8 Å². The van der Waals surface area contributed by atoms with Crippen LogP contribution in [0.2, 0.25) is 0 Å². The van der Waals surface area contributed by atoms with Crippen LogP contribution in [0.15, 0.2) is 12.4 Å². The van der Waals surface area contributed by atoms with Gasteiger partial charge in [0.05, 0.1) is 6.10 Å². The van der Waals surface area contributed by atoms with Gasteiger partial charge in [-0.1, -0.05) is 0 Å². The van der Waals surface area contributed by atoms with Gasteiger partial charge in [-0.2, -0.15) is 0 Å². The predicted molar refractivity (Wildman–Crippen MR) is 87.2 cm³/mol. The van der Waals surface area contributed by atoms with Gasteiger partial charge >= 0.3 is 0 Å². The molecule has 1 saturated carbocycles. The number of hydrogen-bond donors (Lipinski definition) is 1. The molecule has 2 unspecified atom stereocenters. The van der Waals surface area contributed by atoms with Gasteiger partial charge in [0.1, 0.15) is 18.0 Å². The van der Waals surface area contributed by atoms with Gasteiger partial charge in [-0.05, 0) is 50.9 Å². The normalized spacial score (nSPS) is 29.4. The number of nitrogens with zero attached hydrogens (tertiary/aromatic N) is 3. The molecule has 4 rings (SSSR count).